The van der Waals surface area contributed by atoms with E-state index in [1.165, 1.54) is 19.3 Å². The molecule has 5 nitrogen and oxygen atoms in total. The van der Waals surface area contributed by atoms with Crippen LogP contribution >= 0.6 is 12.4 Å². The van der Waals surface area contributed by atoms with E-state index < -0.39 is 0 Å². The number of halogens is 1. The van der Waals surface area contributed by atoms with E-state index in [1.54, 1.807) is 6.07 Å². The van der Waals surface area contributed by atoms with Crippen LogP contribution in [0.4, 0.5) is 5.69 Å². The third-order valence-corrected chi connectivity index (χ3v) is 4.53. The number of carbonyl (C=O) groups is 2. The summed E-state index contributed by atoms with van der Waals surface area (Å²) in [5, 5.41) is 9.07. The molecular weight excluding hydrogens is 338 g/mol. The van der Waals surface area contributed by atoms with Crippen LogP contribution in [0.2, 0.25) is 0 Å². The van der Waals surface area contributed by atoms with Crippen molar-refractivity contribution in [2.24, 2.45) is 0 Å². The van der Waals surface area contributed by atoms with Gasteiger partial charge in [0.2, 0.25) is 5.91 Å². The first-order valence-corrected chi connectivity index (χ1v) is 8.96. The van der Waals surface area contributed by atoms with E-state index in [0.29, 0.717) is 18.0 Å². The minimum Gasteiger partial charge on any atom is -0.349 e. The van der Waals surface area contributed by atoms with Gasteiger partial charge in [-0.3, -0.25) is 9.59 Å². The van der Waals surface area contributed by atoms with Crippen molar-refractivity contribution in [2.75, 3.05) is 18.9 Å². The molecule has 3 N–H and O–H groups in total. The Kier molecular flexibility index (Phi) is 9.53. The third-order valence-electron chi connectivity index (χ3n) is 4.53. The fourth-order valence-electron chi connectivity index (χ4n) is 3.10. The summed E-state index contributed by atoms with van der Waals surface area (Å²) in [6, 6.07) is 5.76. The number of benzene rings is 1. The molecule has 0 saturated heterocycles. The van der Waals surface area contributed by atoms with Crippen molar-refractivity contribution >= 4 is 29.9 Å². The Bertz CT molecular complexity index is 572. The molecular formula is C19H30ClN3O2. The standard InChI is InChI=1S/C19H29N3O2.ClH/c1-14-13-15(19(24)21-16-7-4-3-5-8-16)10-11-17(14)22-18(23)9-6-12-20-2;/h10-11,13,16,20H,3-9,12H2,1-2H3,(H,21,24)(H,22,23);1H. The summed E-state index contributed by atoms with van der Waals surface area (Å²) >= 11 is 0. The molecule has 2 amide bonds. The summed E-state index contributed by atoms with van der Waals surface area (Å²) in [5.41, 5.74) is 2.35. The van der Waals surface area contributed by atoms with Crippen molar-refractivity contribution in [2.45, 2.75) is 57.9 Å². The predicted molar refractivity (Wildman–Crippen MR) is 105 cm³/mol. The highest BCUT2D eigenvalue weighted by atomic mass is 35.5. The Labute approximate surface area is 156 Å². The highest BCUT2D eigenvalue weighted by Crippen LogP contribution is 2.20. The lowest BCUT2D eigenvalue weighted by Crippen LogP contribution is -2.36. The smallest absolute Gasteiger partial charge is 0.251 e. The zero-order valence-electron chi connectivity index (χ0n) is 15.2. The number of nitrogens with one attached hydrogen (secondary N) is 3. The Balaban J connectivity index is 0.00000312. The molecule has 1 aliphatic carbocycles. The SMILES string of the molecule is CNCCCC(=O)Nc1ccc(C(=O)NC2CCCCC2)cc1C.Cl. The second-order valence-corrected chi connectivity index (χ2v) is 6.59. The maximum absolute atomic E-state index is 12.4. The van der Waals surface area contributed by atoms with E-state index in [0.717, 1.165) is 37.1 Å². The van der Waals surface area contributed by atoms with Crippen LogP contribution in [0.3, 0.4) is 0 Å². The van der Waals surface area contributed by atoms with Crippen LogP contribution in [0.1, 0.15) is 60.9 Å². The van der Waals surface area contributed by atoms with Crippen LogP contribution in [0.5, 0.6) is 0 Å². The van der Waals surface area contributed by atoms with Crippen molar-refractivity contribution < 1.29 is 9.59 Å². The second kappa shape index (κ2) is 11.1. The van der Waals surface area contributed by atoms with Crippen molar-refractivity contribution in [3.8, 4) is 0 Å². The fraction of sp³-hybridized carbons (Fsp3) is 0.579. The Morgan fingerprint density at radius 1 is 1.16 bits per heavy atom. The molecule has 0 aliphatic heterocycles. The predicted octanol–water partition coefficient (Wildman–Crippen LogP) is 3.42. The molecule has 0 bridgehead atoms. The number of hydrogen-bond donors (Lipinski definition) is 3. The van der Waals surface area contributed by atoms with Gasteiger partial charge in [0.25, 0.3) is 5.91 Å². The van der Waals surface area contributed by atoms with Crippen molar-refractivity contribution in [3.05, 3.63) is 29.3 Å². The van der Waals surface area contributed by atoms with Crippen LogP contribution in [0.25, 0.3) is 0 Å². The first-order valence-electron chi connectivity index (χ1n) is 8.96. The molecule has 0 atom stereocenters. The Morgan fingerprint density at radius 2 is 1.88 bits per heavy atom. The number of carbonyl (C=O) groups excluding carboxylic acids is 2. The molecule has 6 heteroatoms. The van der Waals surface area contributed by atoms with Gasteiger partial charge in [0, 0.05) is 23.7 Å². The zero-order chi connectivity index (χ0) is 17.4. The van der Waals surface area contributed by atoms with E-state index in [-0.39, 0.29) is 24.2 Å². The van der Waals surface area contributed by atoms with Crippen LogP contribution in [0.15, 0.2) is 18.2 Å². The summed E-state index contributed by atoms with van der Waals surface area (Å²) < 4.78 is 0. The quantitative estimate of drug-likeness (QED) is 0.647. The molecule has 1 fully saturated rings. The summed E-state index contributed by atoms with van der Waals surface area (Å²) in [6.45, 7) is 2.74. The van der Waals surface area contributed by atoms with E-state index in [9.17, 15) is 9.59 Å². The van der Waals surface area contributed by atoms with Gasteiger partial charge in [0.05, 0.1) is 0 Å². The fourth-order valence-corrected chi connectivity index (χ4v) is 3.10. The third kappa shape index (κ3) is 7.04. The highest BCUT2D eigenvalue weighted by Gasteiger charge is 2.17. The summed E-state index contributed by atoms with van der Waals surface area (Å²) in [5.74, 6) is -0.00958. The lowest BCUT2D eigenvalue weighted by Gasteiger charge is -2.23. The van der Waals surface area contributed by atoms with E-state index in [4.69, 9.17) is 0 Å². The molecule has 0 spiro atoms. The van der Waals surface area contributed by atoms with Crippen LogP contribution in [-0.2, 0) is 4.79 Å². The van der Waals surface area contributed by atoms with Crippen LogP contribution in [0, 0.1) is 6.92 Å². The number of hydrogen-bond acceptors (Lipinski definition) is 3. The minimum absolute atomic E-state index is 0. The molecule has 25 heavy (non-hydrogen) atoms. The summed E-state index contributed by atoms with van der Waals surface area (Å²) in [4.78, 5) is 24.3. The average molecular weight is 368 g/mol. The zero-order valence-corrected chi connectivity index (χ0v) is 16.0. The lowest BCUT2D eigenvalue weighted by molar-refractivity contribution is -0.116. The molecule has 1 saturated carbocycles. The van der Waals surface area contributed by atoms with Crippen LogP contribution in [-0.4, -0.2) is 31.4 Å². The maximum atomic E-state index is 12.4. The number of rotatable bonds is 7. The minimum atomic E-state index is -0.0168. The van der Waals surface area contributed by atoms with Gasteiger partial charge in [0.1, 0.15) is 0 Å². The van der Waals surface area contributed by atoms with E-state index in [1.807, 2.05) is 26.1 Å². The average Bonchev–Trinajstić information content (AvgIpc) is 2.58. The van der Waals surface area contributed by atoms with Gasteiger partial charge in [-0.25, -0.2) is 0 Å². The maximum Gasteiger partial charge on any atom is 0.251 e. The second-order valence-electron chi connectivity index (χ2n) is 6.59. The van der Waals surface area contributed by atoms with Crippen molar-refractivity contribution in [3.63, 3.8) is 0 Å². The van der Waals surface area contributed by atoms with E-state index in [2.05, 4.69) is 16.0 Å². The molecule has 2 rings (SSSR count). The summed E-state index contributed by atoms with van der Waals surface area (Å²) in [7, 11) is 1.87. The Hall–Kier alpha value is -1.59. The molecule has 0 radical (unpaired) electrons. The molecule has 0 unspecified atom stereocenters. The first-order chi connectivity index (χ1) is 11.6. The molecule has 1 aromatic carbocycles. The molecule has 140 valence electrons. The normalized spacial score (nSPS) is 14.5. The van der Waals surface area contributed by atoms with Crippen molar-refractivity contribution in [1.29, 1.82) is 0 Å². The topological polar surface area (TPSA) is 70.2 Å². The van der Waals surface area contributed by atoms with Gasteiger partial charge < -0.3 is 16.0 Å². The van der Waals surface area contributed by atoms with Gasteiger partial charge in [-0.1, -0.05) is 19.3 Å². The number of aryl methyl sites for hydroxylation is 1. The lowest BCUT2D eigenvalue weighted by atomic mass is 9.95. The Morgan fingerprint density at radius 3 is 2.52 bits per heavy atom. The molecule has 0 heterocycles. The highest BCUT2D eigenvalue weighted by molar-refractivity contribution is 5.96. The first kappa shape index (κ1) is 21.5. The largest absolute Gasteiger partial charge is 0.349 e. The van der Waals surface area contributed by atoms with E-state index >= 15 is 0 Å². The summed E-state index contributed by atoms with van der Waals surface area (Å²) in [6.07, 6.45) is 7.11. The molecule has 0 aromatic heterocycles. The molecule has 1 aliphatic rings. The van der Waals surface area contributed by atoms with Gasteiger partial charge in [-0.05, 0) is 63.5 Å². The van der Waals surface area contributed by atoms with Gasteiger partial charge in [-0.15, -0.1) is 12.4 Å². The number of anilines is 1. The van der Waals surface area contributed by atoms with Gasteiger partial charge >= 0.3 is 0 Å². The van der Waals surface area contributed by atoms with Crippen LogP contribution < -0.4 is 16.0 Å². The van der Waals surface area contributed by atoms with Gasteiger partial charge in [-0.2, -0.15) is 0 Å². The monoisotopic (exact) mass is 367 g/mol. The number of amides is 2. The van der Waals surface area contributed by atoms with Gasteiger partial charge in [0.15, 0.2) is 0 Å². The molecule has 1 aromatic rings. The van der Waals surface area contributed by atoms with Crippen molar-refractivity contribution in [1.82, 2.24) is 10.6 Å².